The molecule has 0 atom stereocenters. The summed E-state index contributed by atoms with van der Waals surface area (Å²) in [7, 11) is 0. The molecule has 0 bridgehead atoms. The van der Waals surface area contributed by atoms with Crippen LogP contribution in [-0.2, 0) is 0 Å². The highest BCUT2D eigenvalue weighted by Crippen LogP contribution is 2.36. The molecule has 0 radical (unpaired) electrons. The van der Waals surface area contributed by atoms with E-state index in [0.717, 1.165) is 16.9 Å². The third kappa shape index (κ3) is 5.92. The smallest absolute Gasteiger partial charge is 0.0406 e. The van der Waals surface area contributed by atoms with Gasteiger partial charge in [0.2, 0.25) is 0 Å². The minimum atomic E-state index is 0.587. The third-order valence-electron chi connectivity index (χ3n) is 6.40. The first kappa shape index (κ1) is 19.6. The lowest BCUT2D eigenvalue weighted by atomic mass is 9.79. The van der Waals surface area contributed by atoms with Gasteiger partial charge in [-0.25, -0.2) is 0 Å². The van der Waals surface area contributed by atoms with Crippen molar-refractivity contribution >= 4 is 11.6 Å². The summed E-state index contributed by atoms with van der Waals surface area (Å²) in [5.74, 6) is 9.91. The van der Waals surface area contributed by atoms with Crippen LogP contribution in [0.25, 0.3) is 0 Å². The van der Waals surface area contributed by atoms with Gasteiger partial charge in [-0.15, -0.1) is 0 Å². The molecule has 2 saturated carbocycles. The number of hydrogen-bond acceptors (Lipinski definition) is 0. The number of benzene rings is 1. The van der Waals surface area contributed by atoms with E-state index in [-0.39, 0.29) is 0 Å². The Balaban J connectivity index is 1.39. The summed E-state index contributed by atoms with van der Waals surface area (Å²) in [6.45, 7) is 2.31. The number of hydrogen-bond donors (Lipinski definition) is 0. The van der Waals surface area contributed by atoms with Gasteiger partial charge in [0.15, 0.2) is 0 Å². The van der Waals surface area contributed by atoms with Gasteiger partial charge in [0.25, 0.3) is 0 Å². The zero-order chi connectivity index (χ0) is 18.2. The van der Waals surface area contributed by atoms with Gasteiger partial charge in [-0.1, -0.05) is 61.4 Å². The maximum atomic E-state index is 6.00. The van der Waals surface area contributed by atoms with E-state index >= 15 is 0 Å². The standard InChI is InChI=1S/C25H33Cl/c1-2-5-20-8-10-21(11-9-20)6-3-4-7-22-12-14-23(15-13-22)24-16-18-25(26)19-17-24/h3,6,16-23H,2,5,8-15H2,1H3/t20-,21-,22-,23-. The van der Waals surface area contributed by atoms with Crippen molar-refractivity contribution in [2.75, 3.05) is 0 Å². The molecule has 0 unspecified atom stereocenters. The average Bonchev–Trinajstić information content (AvgIpc) is 2.68. The van der Waals surface area contributed by atoms with Crippen molar-refractivity contribution in [1.82, 2.24) is 0 Å². The predicted molar refractivity (Wildman–Crippen MR) is 113 cm³/mol. The Bertz CT molecular complexity index is 614. The highest BCUT2D eigenvalue weighted by molar-refractivity contribution is 6.30. The van der Waals surface area contributed by atoms with Crippen molar-refractivity contribution in [2.45, 2.75) is 77.0 Å². The molecule has 2 aliphatic carbocycles. The molecule has 26 heavy (non-hydrogen) atoms. The van der Waals surface area contributed by atoms with Crippen molar-refractivity contribution in [2.24, 2.45) is 17.8 Å². The third-order valence-corrected chi connectivity index (χ3v) is 6.65. The SMILES string of the molecule is CCC[C@H]1CC[C@H](C=CC#C[C@H]2CC[C@H](c3ccc(Cl)cc3)CC2)CC1. The first-order valence-corrected chi connectivity index (χ1v) is 11.1. The van der Waals surface area contributed by atoms with E-state index in [1.165, 1.54) is 69.8 Å². The molecule has 0 amide bonds. The zero-order valence-corrected chi connectivity index (χ0v) is 17.0. The fourth-order valence-corrected chi connectivity index (χ4v) is 4.86. The quantitative estimate of drug-likeness (QED) is 0.476. The molecule has 2 fully saturated rings. The maximum absolute atomic E-state index is 6.00. The second-order valence-electron chi connectivity index (χ2n) is 8.32. The van der Waals surface area contributed by atoms with Gasteiger partial charge >= 0.3 is 0 Å². The van der Waals surface area contributed by atoms with Crippen molar-refractivity contribution in [3.8, 4) is 11.8 Å². The van der Waals surface area contributed by atoms with Crippen molar-refractivity contribution in [1.29, 1.82) is 0 Å². The molecular weight excluding hydrogens is 336 g/mol. The van der Waals surface area contributed by atoms with E-state index in [1.807, 2.05) is 12.1 Å². The Morgan fingerprint density at radius 1 is 0.962 bits per heavy atom. The lowest BCUT2D eigenvalue weighted by Crippen LogP contribution is -2.12. The van der Waals surface area contributed by atoms with Crippen LogP contribution >= 0.6 is 11.6 Å². The summed E-state index contributed by atoms with van der Waals surface area (Å²) in [5, 5.41) is 0.832. The Kier molecular flexibility index (Phi) is 7.69. The van der Waals surface area contributed by atoms with Crippen LogP contribution in [0.3, 0.4) is 0 Å². The monoisotopic (exact) mass is 368 g/mol. The highest BCUT2D eigenvalue weighted by Gasteiger charge is 2.21. The maximum Gasteiger partial charge on any atom is 0.0406 e. The van der Waals surface area contributed by atoms with Crippen LogP contribution in [0.15, 0.2) is 36.4 Å². The van der Waals surface area contributed by atoms with Crippen molar-refractivity contribution < 1.29 is 0 Å². The minimum absolute atomic E-state index is 0.587. The summed E-state index contributed by atoms with van der Waals surface area (Å²) in [6.07, 6.45) is 17.9. The molecule has 3 rings (SSSR count). The van der Waals surface area contributed by atoms with Gasteiger partial charge in [0.05, 0.1) is 0 Å². The summed E-state index contributed by atoms with van der Waals surface area (Å²) in [5.41, 5.74) is 1.44. The van der Waals surface area contributed by atoms with Crippen LogP contribution < -0.4 is 0 Å². The molecule has 0 nitrogen and oxygen atoms in total. The van der Waals surface area contributed by atoms with Crippen LogP contribution in [0.1, 0.15) is 82.6 Å². The Hall–Kier alpha value is -1.19. The van der Waals surface area contributed by atoms with E-state index in [1.54, 1.807) is 0 Å². The molecule has 0 N–H and O–H groups in total. The minimum Gasteiger partial charge on any atom is -0.0951 e. The summed E-state index contributed by atoms with van der Waals surface area (Å²) < 4.78 is 0. The van der Waals surface area contributed by atoms with Crippen molar-refractivity contribution in [3.05, 3.63) is 47.0 Å². The molecule has 0 saturated heterocycles. The van der Waals surface area contributed by atoms with Crippen LogP contribution in [-0.4, -0.2) is 0 Å². The van der Waals surface area contributed by atoms with Crippen LogP contribution in [0.5, 0.6) is 0 Å². The fourth-order valence-electron chi connectivity index (χ4n) is 4.73. The van der Waals surface area contributed by atoms with Crippen LogP contribution in [0, 0.1) is 29.6 Å². The van der Waals surface area contributed by atoms with E-state index in [0.29, 0.717) is 11.8 Å². The topological polar surface area (TPSA) is 0 Å². The number of rotatable bonds is 4. The molecule has 140 valence electrons. The summed E-state index contributed by atoms with van der Waals surface area (Å²) >= 11 is 6.00. The molecule has 0 heterocycles. The van der Waals surface area contributed by atoms with Gasteiger partial charge in [0.1, 0.15) is 0 Å². The Morgan fingerprint density at radius 3 is 2.31 bits per heavy atom. The van der Waals surface area contributed by atoms with E-state index < -0.39 is 0 Å². The molecule has 0 spiro atoms. The van der Waals surface area contributed by atoms with Crippen LogP contribution in [0.4, 0.5) is 0 Å². The van der Waals surface area contributed by atoms with Gasteiger partial charge in [-0.05, 0) is 92.9 Å². The molecule has 2 aliphatic rings. The molecule has 0 aromatic heterocycles. The van der Waals surface area contributed by atoms with Gasteiger partial charge in [-0.3, -0.25) is 0 Å². The molecule has 1 aromatic carbocycles. The molecular formula is C25H33Cl. The van der Waals surface area contributed by atoms with E-state index in [4.69, 9.17) is 11.6 Å². The van der Waals surface area contributed by atoms with E-state index in [9.17, 15) is 0 Å². The van der Waals surface area contributed by atoms with Crippen molar-refractivity contribution in [3.63, 3.8) is 0 Å². The first-order chi connectivity index (χ1) is 12.7. The van der Waals surface area contributed by atoms with Gasteiger partial charge < -0.3 is 0 Å². The lowest BCUT2D eigenvalue weighted by Gasteiger charge is -2.26. The largest absolute Gasteiger partial charge is 0.0951 e. The van der Waals surface area contributed by atoms with Gasteiger partial charge in [0, 0.05) is 10.9 Å². The Morgan fingerprint density at radius 2 is 1.65 bits per heavy atom. The zero-order valence-electron chi connectivity index (χ0n) is 16.2. The number of halogens is 1. The normalized spacial score (nSPS) is 29.3. The van der Waals surface area contributed by atoms with Crippen LogP contribution in [0.2, 0.25) is 5.02 Å². The fraction of sp³-hybridized carbons (Fsp3) is 0.600. The molecule has 1 aromatic rings. The average molecular weight is 369 g/mol. The Labute approximate surface area is 165 Å². The summed E-state index contributed by atoms with van der Waals surface area (Å²) in [6, 6.07) is 8.42. The lowest BCUT2D eigenvalue weighted by molar-refractivity contribution is 0.294. The summed E-state index contributed by atoms with van der Waals surface area (Å²) in [4.78, 5) is 0. The highest BCUT2D eigenvalue weighted by atomic mass is 35.5. The number of allylic oxidation sites excluding steroid dienone is 2. The van der Waals surface area contributed by atoms with E-state index in [2.05, 4.69) is 43.0 Å². The predicted octanol–water partition coefficient (Wildman–Crippen LogP) is 7.78. The van der Waals surface area contributed by atoms with Gasteiger partial charge in [-0.2, -0.15) is 0 Å². The first-order valence-electron chi connectivity index (χ1n) is 10.7. The molecule has 1 heteroatoms. The second-order valence-corrected chi connectivity index (χ2v) is 8.75. The molecule has 0 aliphatic heterocycles. The second kappa shape index (κ2) is 10.2.